The molecule has 0 radical (unpaired) electrons. The number of carboxylic acids is 1. The van der Waals surface area contributed by atoms with Crippen molar-refractivity contribution in [3.63, 3.8) is 0 Å². The van der Waals surface area contributed by atoms with E-state index in [4.69, 9.17) is 5.11 Å². The second kappa shape index (κ2) is 5.76. The predicted octanol–water partition coefficient (Wildman–Crippen LogP) is 1.91. The van der Waals surface area contributed by atoms with E-state index >= 15 is 0 Å². The Balaban J connectivity index is 1.71. The van der Waals surface area contributed by atoms with Gasteiger partial charge in [-0.05, 0) is 30.4 Å². The zero-order chi connectivity index (χ0) is 14.8. The summed E-state index contributed by atoms with van der Waals surface area (Å²) in [6, 6.07) is 7.95. The Morgan fingerprint density at radius 1 is 1.29 bits per heavy atom. The van der Waals surface area contributed by atoms with Gasteiger partial charge >= 0.3 is 5.97 Å². The smallest absolute Gasteiger partial charge is 0.303 e. The number of carbonyl (C=O) groups is 2. The molecule has 1 amide bonds. The van der Waals surface area contributed by atoms with Crippen molar-refractivity contribution >= 4 is 17.6 Å². The van der Waals surface area contributed by atoms with Crippen LogP contribution in [0.2, 0.25) is 0 Å². The second-order valence-electron chi connectivity index (χ2n) is 5.89. The highest BCUT2D eigenvalue weighted by molar-refractivity contribution is 5.86. The minimum Gasteiger partial charge on any atom is -0.481 e. The fourth-order valence-corrected chi connectivity index (χ4v) is 3.39. The number of aliphatic carboxylic acids is 1. The van der Waals surface area contributed by atoms with Crippen molar-refractivity contribution in [2.24, 2.45) is 5.92 Å². The summed E-state index contributed by atoms with van der Waals surface area (Å²) >= 11 is 0. The first kappa shape index (κ1) is 13.9. The van der Waals surface area contributed by atoms with E-state index in [1.54, 1.807) is 0 Å². The van der Waals surface area contributed by atoms with E-state index in [-0.39, 0.29) is 24.2 Å². The molecular formula is C16H20N2O3. The van der Waals surface area contributed by atoms with Crippen LogP contribution in [0, 0.1) is 5.92 Å². The van der Waals surface area contributed by atoms with E-state index in [1.807, 2.05) is 29.2 Å². The molecule has 2 aliphatic heterocycles. The number of hydrogen-bond donors (Lipinski definition) is 2. The number of anilines is 1. The fourth-order valence-electron chi connectivity index (χ4n) is 3.39. The van der Waals surface area contributed by atoms with Crippen molar-refractivity contribution in [2.45, 2.75) is 25.2 Å². The lowest BCUT2D eigenvalue weighted by atomic mass is 9.90. The van der Waals surface area contributed by atoms with E-state index in [1.165, 1.54) is 0 Å². The van der Waals surface area contributed by atoms with Crippen LogP contribution >= 0.6 is 0 Å². The zero-order valence-corrected chi connectivity index (χ0v) is 11.9. The Morgan fingerprint density at radius 3 is 2.90 bits per heavy atom. The van der Waals surface area contributed by atoms with Gasteiger partial charge in [-0.25, -0.2) is 0 Å². The highest BCUT2D eigenvalue weighted by atomic mass is 16.4. The first-order valence-corrected chi connectivity index (χ1v) is 7.48. The van der Waals surface area contributed by atoms with Crippen LogP contribution in [0.5, 0.6) is 0 Å². The molecule has 0 aromatic heterocycles. The molecule has 2 unspecified atom stereocenters. The number of para-hydroxylation sites is 1. The van der Waals surface area contributed by atoms with Crippen LogP contribution in [0.15, 0.2) is 24.3 Å². The summed E-state index contributed by atoms with van der Waals surface area (Å²) in [5.74, 6) is -0.618. The van der Waals surface area contributed by atoms with E-state index < -0.39 is 5.97 Å². The summed E-state index contributed by atoms with van der Waals surface area (Å²) < 4.78 is 0. The Hall–Kier alpha value is -2.04. The molecule has 1 fully saturated rings. The third kappa shape index (κ3) is 2.86. The van der Waals surface area contributed by atoms with Crippen LogP contribution in [0.25, 0.3) is 0 Å². The number of nitrogens with one attached hydrogen (secondary N) is 1. The van der Waals surface area contributed by atoms with Gasteiger partial charge in [-0.3, -0.25) is 9.59 Å². The van der Waals surface area contributed by atoms with Crippen molar-refractivity contribution < 1.29 is 14.7 Å². The number of rotatable bonds is 3. The molecule has 2 heterocycles. The van der Waals surface area contributed by atoms with Crippen LogP contribution in [0.4, 0.5) is 5.69 Å². The maximum Gasteiger partial charge on any atom is 0.303 e. The Kier molecular flexibility index (Phi) is 3.82. The van der Waals surface area contributed by atoms with Crippen LogP contribution in [0.3, 0.4) is 0 Å². The van der Waals surface area contributed by atoms with Crippen LogP contribution in [-0.4, -0.2) is 41.5 Å². The highest BCUT2D eigenvalue weighted by Crippen LogP contribution is 2.34. The molecule has 21 heavy (non-hydrogen) atoms. The minimum absolute atomic E-state index is 0.0916. The lowest BCUT2D eigenvalue weighted by molar-refractivity contribution is -0.138. The number of fused-ring (bicyclic) bond motifs is 1. The summed E-state index contributed by atoms with van der Waals surface area (Å²) in [5, 5.41) is 12.2. The Bertz CT molecular complexity index is 558. The summed E-state index contributed by atoms with van der Waals surface area (Å²) in [6.45, 7) is 2.07. The number of carboxylic acid groups (broad SMARTS) is 1. The van der Waals surface area contributed by atoms with Crippen molar-refractivity contribution in [2.75, 3.05) is 25.0 Å². The SMILES string of the molecule is O=C(O)CC1CCN(C(=O)C2CCNc3ccccc32)C1. The minimum atomic E-state index is -0.776. The van der Waals surface area contributed by atoms with E-state index in [0.29, 0.717) is 13.1 Å². The monoisotopic (exact) mass is 288 g/mol. The van der Waals surface area contributed by atoms with Crippen molar-refractivity contribution in [1.82, 2.24) is 4.90 Å². The molecule has 0 spiro atoms. The third-order valence-corrected chi connectivity index (χ3v) is 4.44. The number of carbonyl (C=O) groups excluding carboxylic acids is 1. The standard InChI is InChI=1S/C16H20N2O3/c19-15(20)9-11-6-8-18(10-11)16(21)13-5-7-17-14-4-2-1-3-12(13)14/h1-4,11,13,17H,5-10H2,(H,19,20). The molecule has 1 saturated heterocycles. The summed E-state index contributed by atoms with van der Waals surface area (Å²) in [7, 11) is 0. The topological polar surface area (TPSA) is 69.6 Å². The molecule has 1 aromatic carbocycles. The number of amides is 1. The quantitative estimate of drug-likeness (QED) is 0.891. The number of likely N-dealkylation sites (tertiary alicyclic amines) is 1. The van der Waals surface area contributed by atoms with Gasteiger partial charge in [0.15, 0.2) is 0 Å². The van der Waals surface area contributed by atoms with Gasteiger partial charge in [0.05, 0.1) is 5.92 Å². The van der Waals surface area contributed by atoms with Crippen molar-refractivity contribution in [3.8, 4) is 0 Å². The van der Waals surface area contributed by atoms with E-state index in [0.717, 1.165) is 30.6 Å². The number of nitrogens with zero attached hydrogens (tertiary/aromatic N) is 1. The van der Waals surface area contributed by atoms with Crippen LogP contribution in [-0.2, 0) is 9.59 Å². The van der Waals surface area contributed by atoms with Gasteiger partial charge in [0.25, 0.3) is 0 Å². The van der Waals surface area contributed by atoms with Gasteiger partial charge in [-0.15, -0.1) is 0 Å². The first-order chi connectivity index (χ1) is 10.1. The average molecular weight is 288 g/mol. The molecule has 2 atom stereocenters. The van der Waals surface area contributed by atoms with Gasteiger partial charge in [0, 0.05) is 31.7 Å². The molecule has 5 heteroatoms. The second-order valence-corrected chi connectivity index (χ2v) is 5.89. The van der Waals surface area contributed by atoms with Gasteiger partial charge in [-0.2, -0.15) is 0 Å². The molecule has 2 aliphatic rings. The summed E-state index contributed by atoms with van der Waals surface area (Å²) in [6.07, 6.45) is 1.76. The average Bonchev–Trinajstić information content (AvgIpc) is 2.93. The normalized spacial score (nSPS) is 24.3. The van der Waals surface area contributed by atoms with Crippen LogP contribution in [0.1, 0.15) is 30.7 Å². The molecular weight excluding hydrogens is 268 g/mol. The zero-order valence-electron chi connectivity index (χ0n) is 11.9. The molecule has 2 N–H and O–H groups in total. The van der Waals surface area contributed by atoms with Gasteiger partial charge in [-0.1, -0.05) is 18.2 Å². The Morgan fingerprint density at radius 2 is 2.10 bits per heavy atom. The van der Waals surface area contributed by atoms with Crippen molar-refractivity contribution in [1.29, 1.82) is 0 Å². The number of hydrogen-bond acceptors (Lipinski definition) is 3. The van der Waals surface area contributed by atoms with Crippen molar-refractivity contribution in [3.05, 3.63) is 29.8 Å². The molecule has 0 bridgehead atoms. The van der Waals surface area contributed by atoms with Crippen LogP contribution < -0.4 is 5.32 Å². The molecule has 0 saturated carbocycles. The maximum absolute atomic E-state index is 12.7. The lowest BCUT2D eigenvalue weighted by Crippen LogP contribution is -2.36. The lowest BCUT2D eigenvalue weighted by Gasteiger charge is -2.29. The van der Waals surface area contributed by atoms with Gasteiger partial charge in [0.2, 0.25) is 5.91 Å². The largest absolute Gasteiger partial charge is 0.481 e. The van der Waals surface area contributed by atoms with Gasteiger partial charge < -0.3 is 15.3 Å². The Labute approximate surface area is 123 Å². The summed E-state index contributed by atoms with van der Waals surface area (Å²) in [5.41, 5.74) is 2.11. The van der Waals surface area contributed by atoms with E-state index in [9.17, 15) is 9.59 Å². The van der Waals surface area contributed by atoms with E-state index in [2.05, 4.69) is 5.32 Å². The molecule has 112 valence electrons. The number of benzene rings is 1. The molecule has 1 aromatic rings. The molecule has 3 rings (SSSR count). The first-order valence-electron chi connectivity index (χ1n) is 7.48. The fraction of sp³-hybridized carbons (Fsp3) is 0.500. The molecule has 5 nitrogen and oxygen atoms in total. The predicted molar refractivity (Wildman–Crippen MR) is 79.2 cm³/mol. The van der Waals surface area contributed by atoms with Gasteiger partial charge in [0.1, 0.15) is 0 Å². The summed E-state index contributed by atoms with van der Waals surface area (Å²) in [4.78, 5) is 25.4. The molecule has 0 aliphatic carbocycles. The maximum atomic E-state index is 12.7. The third-order valence-electron chi connectivity index (χ3n) is 4.44. The highest BCUT2D eigenvalue weighted by Gasteiger charge is 2.34.